The number of aromatic amines is 1. The predicted octanol–water partition coefficient (Wildman–Crippen LogP) is 4.59. The molecule has 240 valence electrons. The SMILES string of the molecule is CC(C)C(/C=C1\C(=O)C(c2c(C(F)(F)F)[nH]n(C)c2=O)C1O)=[N+](CCOC(=O)CCCN(C)c1ccccc1)c1ccccc1. The first-order valence-corrected chi connectivity index (χ1v) is 14.7. The van der Waals surface area contributed by atoms with Gasteiger partial charge in [-0.1, -0.05) is 50.2 Å². The van der Waals surface area contributed by atoms with Crippen LogP contribution in [0.3, 0.4) is 0 Å². The highest BCUT2D eigenvalue weighted by molar-refractivity contribution is 6.13. The molecule has 2 atom stereocenters. The molecule has 3 aromatic rings. The van der Waals surface area contributed by atoms with Gasteiger partial charge in [-0.05, 0) is 18.6 Å². The molecule has 9 nitrogen and oxygen atoms in total. The maximum Gasteiger partial charge on any atom is 0.433 e. The number of H-pyrrole nitrogens is 1. The number of alkyl halides is 3. The lowest BCUT2D eigenvalue weighted by Crippen LogP contribution is -2.46. The van der Waals surface area contributed by atoms with Crippen molar-refractivity contribution < 1.29 is 37.2 Å². The van der Waals surface area contributed by atoms with Gasteiger partial charge in [-0.15, -0.1) is 0 Å². The number of rotatable bonds is 12. The predicted molar refractivity (Wildman–Crippen MR) is 164 cm³/mol. The Hall–Kier alpha value is -4.45. The molecular weight excluding hydrogens is 589 g/mol. The number of Topliss-reactive ketones (excluding diaryl/α,β-unsaturated/α-hetero) is 1. The van der Waals surface area contributed by atoms with Crippen molar-refractivity contribution in [1.29, 1.82) is 0 Å². The summed E-state index contributed by atoms with van der Waals surface area (Å²) in [7, 11) is 3.07. The number of allylic oxidation sites excluding steroid dienone is 1. The molecule has 2 unspecified atom stereocenters. The van der Waals surface area contributed by atoms with Crippen molar-refractivity contribution in [1.82, 2.24) is 9.78 Å². The number of ether oxygens (including phenoxy) is 1. The van der Waals surface area contributed by atoms with E-state index in [0.717, 1.165) is 18.4 Å². The summed E-state index contributed by atoms with van der Waals surface area (Å²) < 4.78 is 48.9. The third kappa shape index (κ3) is 7.62. The quantitative estimate of drug-likeness (QED) is 0.132. The average molecular weight is 628 g/mol. The highest BCUT2D eigenvalue weighted by atomic mass is 19.4. The molecular formula is C33H38F3N4O5+. The van der Waals surface area contributed by atoms with Crippen LogP contribution in [0.15, 0.2) is 77.1 Å². The number of nitrogens with one attached hydrogen (secondary N) is 1. The Morgan fingerprint density at radius 2 is 1.73 bits per heavy atom. The standard InChI is InChI=1S/C33H37F3N4O5/c1-21(2)25(20-24-29(42)27(30(24)43)28-31(33(34,35)36)37-39(4)32(28)44)40(23-14-9-6-10-15-23)18-19-45-26(41)16-11-17-38(3)22-12-7-5-8-13-22/h5-10,12-15,20-21,27,29,42H,11,16-19H2,1-4H3/p+1/b24-20-,40-25?. The number of benzene rings is 2. The molecule has 2 aromatic carbocycles. The minimum atomic E-state index is -4.91. The lowest BCUT2D eigenvalue weighted by atomic mass is 9.70. The molecule has 0 aliphatic heterocycles. The number of esters is 1. The molecule has 1 saturated carbocycles. The normalized spacial score (nSPS) is 18.2. The number of ketones is 1. The van der Waals surface area contributed by atoms with Gasteiger partial charge in [0, 0.05) is 62.4 Å². The maximum atomic E-state index is 13.6. The minimum absolute atomic E-state index is 0.0368. The van der Waals surface area contributed by atoms with Gasteiger partial charge in [0.1, 0.15) is 5.69 Å². The largest absolute Gasteiger partial charge is 0.459 e. The number of hydrogen-bond donors (Lipinski definition) is 2. The smallest absolute Gasteiger partial charge is 0.433 e. The van der Waals surface area contributed by atoms with E-state index in [1.807, 2.05) is 91.2 Å². The molecule has 0 amide bonds. The van der Waals surface area contributed by atoms with Crippen molar-refractivity contribution in [3.63, 3.8) is 0 Å². The molecule has 1 fully saturated rings. The second-order valence-corrected chi connectivity index (χ2v) is 11.3. The van der Waals surface area contributed by atoms with Gasteiger partial charge in [0.25, 0.3) is 5.56 Å². The number of anilines is 1. The molecule has 1 heterocycles. The number of para-hydroxylation sites is 2. The van der Waals surface area contributed by atoms with Crippen molar-refractivity contribution in [2.45, 2.75) is 44.9 Å². The van der Waals surface area contributed by atoms with Gasteiger partial charge in [-0.25, -0.2) is 0 Å². The molecule has 2 N–H and O–H groups in total. The molecule has 45 heavy (non-hydrogen) atoms. The van der Waals surface area contributed by atoms with Crippen LogP contribution in [0, 0.1) is 5.92 Å². The van der Waals surface area contributed by atoms with Gasteiger partial charge in [-0.2, -0.15) is 17.7 Å². The number of nitrogens with zero attached hydrogens (tertiary/aromatic N) is 3. The van der Waals surface area contributed by atoms with E-state index >= 15 is 0 Å². The first kappa shape index (κ1) is 33.4. The Bertz CT molecular complexity index is 1630. The van der Waals surface area contributed by atoms with Crippen LogP contribution in [0.2, 0.25) is 0 Å². The summed E-state index contributed by atoms with van der Waals surface area (Å²) in [5.74, 6) is -2.96. The molecule has 12 heteroatoms. The number of aliphatic hydroxyl groups excluding tert-OH is 1. The Morgan fingerprint density at radius 3 is 2.31 bits per heavy atom. The van der Waals surface area contributed by atoms with E-state index in [1.54, 1.807) is 0 Å². The number of hydrogen-bond acceptors (Lipinski definition) is 6. The van der Waals surface area contributed by atoms with E-state index < -0.39 is 40.8 Å². The van der Waals surface area contributed by atoms with Crippen molar-refractivity contribution in [3.05, 3.63) is 93.9 Å². The molecule has 0 radical (unpaired) electrons. The summed E-state index contributed by atoms with van der Waals surface area (Å²) in [6.07, 6.45) is -4.23. The highest BCUT2D eigenvalue weighted by Crippen LogP contribution is 2.42. The first-order chi connectivity index (χ1) is 21.3. The van der Waals surface area contributed by atoms with Crippen LogP contribution >= 0.6 is 0 Å². The van der Waals surface area contributed by atoms with Gasteiger partial charge in [0.05, 0.1) is 17.6 Å². The zero-order valence-corrected chi connectivity index (χ0v) is 25.7. The molecule has 4 rings (SSSR count). The van der Waals surface area contributed by atoms with Crippen LogP contribution in [0.4, 0.5) is 24.5 Å². The van der Waals surface area contributed by atoms with Gasteiger partial charge in [-0.3, -0.25) is 24.2 Å². The van der Waals surface area contributed by atoms with E-state index in [-0.39, 0.29) is 37.0 Å². The molecule has 1 aliphatic rings. The zero-order valence-electron chi connectivity index (χ0n) is 25.7. The number of aromatic nitrogens is 2. The topological polar surface area (TPSA) is 108 Å². The number of aliphatic hydroxyl groups is 1. The summed E-state index contributed by atoms with van der Waals surface area (Å²) >= 11 is 0. The van der Waals surface area contributed by atoms with Gasteiger partial charge >= 0.3 is 12.1 Å². The van der Waals surface area contributed by atoms with E-state index in [4.69, 9.17) is 4.74 Å². The number of carbonyl (C=O) groups excluding carboxylic acids is 2. The van der Waals surface area contributed by atoms with E-state index in [2.05, 4.69) is 4.90 Å². The third-order valence-corrected chi connectivity index (χ3v) is 7.80. The van der Waals surface area contributed by atoms with Crippen LogP contribution in [0.25, 0.3) is 0 Å². The minimum Gasteiger partial charge on any atom is -0.459 e. The lowest BCUT2D eigenvalue weighted by Gasteiger charge is -2.33. The number of aryl methyl sites for hydroxylation is 1. The Morgan fingerprint density at radius 1 is 1.11 bits per heavy atom. The maximum absolute atomic E-state index is 13.6. The average Bonchev–Trinajstić information content (AvgIpc) is 3.30. The van der Waals surface area contributed by atoms with Crippen molar-refractivity contribution in [2.75, 3.05) is 31.6 Å². The lowest BCUT2D eigenvalue weighted by molar-refractivity contribution is -0.445. The van der Waals surface area contributed by atoms with Crippen LogP contribution in [0.5, 0.6) is 0 Å². The van der Waals surface area contributed by atoms with Gasteiger partial charge in [0.2, 0.25) is 5.69 Å². The third-order valence-electron chi connectivity index (χ3n) is 7.80. The highest BCUT2D eigenvalue weighted by Gasteiger charge is 2.52. The number of halogens is 3. The molecule has 0 bridgehead atoms. The number of carbonyl (C=O) groups is 2. The van der Waals surface area contributed by atoms with Crippen LogP contribution < -0.4 is 10.5 Å². The van der Waals surface area contributed by atoms with Crippen molar-refractivity contribution >= 4 is 28.8 Å². The fourth-order valence-electron chi connectivity index (χ4n) is 5.39. The van der Waals surface area contributed by atoms with E-state index in [0.29, 0.717) is 23.4 Å². The van der Waals surface area contributed by atoms with Crippen molar-refractivity contribution in [3.8, 4) is 0 Å². The molecule has 0 saturated heterocycles. The van der Waals surface area contributed by atoms with Gasteiger partial charge < -0.3 is 14.7 Å². The monoisotopic (exact) mass is 627 g/mol. The fraction of sp³-hybridized carbons (Fsp3) is 0.394. The Kier molecular flexibility index (Phi) is 10.5. The van der Waals surface area contributed by atoms with Crippen LogP contribution in [0.1, 0.15) is 43.9 Å². The Labute approximate surface area is 259 Å². The molecule has 0 spiro atoms. The summed E-state index contributed by atoms with van der Waals surface area (Å²) in [4.78, 5) is 40.3. The first-order valence-electron chi connectivity index (χ1n) is 14.7. The van der Waals surface area contributed by atoms with E-state index in [9.17, 15) is 32.7 Å². The second kappa shape index (κ2) is 14.1. The van der Waals surface area contributed by atoms with Crippen LogP contribution in [-0.4, -0.2) is 69.8 Å². The van der Waals surface area contributed by atoms with Gasteiger partial charge in [0.15, 0.2) is 24.6 Å². The zero-order chi connectivity index (χ0) is 32.9. The second-order valence-electron chi connectivity index (χ2n) is 11.3. The van der Waals surface area contributed by atoms with Crippen molar-refractivity contribution in [2.24, 2.45) is 13.0 Å². The molecule has 1 aromatic heterocycles. The molecule has 1 aliphatic carbocycles. The summed E-state index contributed by atoms with van der Waals surface area (Å²) in [5, 5.41) is 12.9. The van der Waals surface area contributed by atoms with E-state index in [1.165, 1.54) is 6.08 Å². The van der Waals surface area contributed by atoms with Crippen LogP contribution in [-0.2, 0) is 27.5 Å². The summed E-state index contributed by atoms with van der Waals surface area (Å²) in [6, 6.07) is 19.0. The fourth-order valence-corrected chi connectivity index (χ4v) is 5.39. The summed E-state index contributed by atoms with van der Waals surface area (Å²) in [6.45, 7) is 4.67. The Balaban J connectivity index is 1.52. The summed E-state index contributed by atoms with van der Waals surface area (Å²) in [5.41, 5.74) is -0.901.